The van der Waals surface area contributed by atoms with Crippen molar-refractivity contribution in [3.05, 3.63) is 34.9 Å². The summed E-state index contributed by atoms with van der Waals surface area (Å²) in [4.78, 5) is 25.8. The number of benzene rings is 1. The summed E-state index contributed by atoms with van der Waals surface area (Å²) in [6, 6.07) is 5.58. The molecule has 0 radical (unpaired) electrons. The minimum Gasteiger partial charge on any atom is -0.389 e. The Labute approximate surface area is 132 Å². The molecule has 0 bridgehead atoms. The van der Waals surface area contributed by atoms with E-state index in [1.807, 2.05) is 26.8 Å². The van der Waals surface area contributed by atoms with Crippen molar-refractivity contribution >= 4 is 11.8 Å². The van der Waals surface area contributed by atoms with Crippen LogP contribution in [0.4, 0.5) is 0 Å². The van der Waals surface area contributed by atoms with Crippen molar-refractivity contribution < 1.29 is 14.7 Å². The number of likely N-dealkylation sites (N-methyl/N-ethyl adjacent to an activating group) is 1. The number of hydrogen-bond acceptors (Lipinski definition) is 3. The van der Waals surface area contributed by atoms with E-state index in [4.69, 9.17) is 0 Å². The van der Waals surface area contributed by atoms with Gasteiger partial charge in [0.25, 0.3) is 5.91 Å². The molecule has 0 aromatic heterocycles. The Kier molecular flexibility index (Phi) is 6.11. The van der Waals surface area contributed by atoms with Crippen LogP contribution in [0.5, 0.6) is 0 Å². The first-order valence-electron chi connectivity index (χ1n) is 7.49. The van der Waals surface area contributed by atoms with E-state index >= 15 is 0 Å². The number of carbonyl (C=O) groups excluding carboxylic acids is 2. The molecule has 0 fully saturated rings. The topological polar surface area (TPSA) is 69.6 Å². The van der Waals surface area contributed by atoms with E-state index in [1.165, 1.54) is 4.90 Å². The number of nitrogens with one attached hydrogen (secondary N) is 1. The van der Waals surface area contributed by atoms with Crippen LogP contribution in [0.2, 0.25) is 0 Å². The van der Waals surface area contributed by atoms with Crippen LogP contribution < -0.4 is 5.32 Å². The summed E-state index contributed by atoms with van der Waals surface area (Å²) in [5.74, 6) is -0.471. The number of aryl methyl sites for hydroxylation is 2. The first kappa shape index (κ1) is 18.2. The Morgan fingerprint density at radius 3 is 2.18 bits per heavy atom. The molecule has 0 saturated carbocycles. The van der Waals surface area contributed by atoms with Crippen molar-refractivity contribution in [1.29, 1.82) is 0 Å². The molecule has 0 atom stereocenters. The lowest BCUT2D eigenvalue weighted by molar-refractivity contribution is -0.132. The maximum atomic E-state index is 12.1. The van der Waals surface area contributed by atoms with E-state index in [2.05, 4.69) is 5.32 Å². The van der Waals surface area contributed by atoms with E-state index in [9.17, 15) is 14.7 Å². The highest BCUT2D eigenvalue weighted by atomic mass is 16.3. The SMILES string of the molecule is CCN(CC(C)(C)O)C(=O)CNC(=O)c1cc(C)cc(C)c1. The van der Waals surface area contributed by atoms with Gasteiger partial charge in [0.05, 0.1) is 12.1 Å². The second-order valence-corrected chi connectivity index (χ2v) is 6.28. The van der Waals surface area contributed by atoms with Crippen molar-refractivity contribution in [2.45, 2.75) is 40.2 Å². The van der Waals surface area contributed by atoms with Crippen LogP contribution in [0.15, 0.2) is 18.2 Å². The number of amides is 2. The fraction of sp³-hybridized carbons (Fsp3) is 0.529. The molecule has 1 rings (SSSR count). The third-order valence-electron chi connectivity index (χ3n) is 3.20. The van der Waals surface area contributed by atoms with Gasteiger partial charge in [0.2, 0.25) is 5.91 Å². The average Bonchev–Trinajstić information content (AvgIpc) is 2.39. The molecular formula is C17H26N2O3. The van der Waals surface area contributed by atoms with Crippen LogP contribution in [0.25, 0.3) is 0 Å². The molecule has 1 aromatic rings. The van der Waals surface area contributed by atoms with Crippen LogP contribution in [-0.4, -0.2) is 47.1 Å². The van der Waals surface area contributed by atoms with Gasteiger partial charge in [-0.05, 0) is 46.8 Å². The lowest BCUT2D eigenvalue weighted by Crippen LogP contribution is -2.46. The maximum Gasteiger partial charge on any atom is 0.251 e. The molecule has 0 aliphatic carbocycles. The minimum absolute atomic E-state index is 0.0737. The highest BCUT2D eigenvalue weighted by Crippen LogP contribution is 2.09. The first-order valence-corrected chi connectivity index (χ1v) is 7.49. The number of hydrogen-bond donors (Lipinski definition) is 2. The average molecular weight is 306 g/mol. The van der Waals surface area contributed by atoms with Crippen molar-refractivity contribution in [2.24, 2.45) is 0 Å². The minimum atomic E-state index is -0.955. The third-order valence-corrected chi connectivity index (χ3v) is 3.20. The van der Waals surface area contributed by atoms with Gasteiger partial charge in [0.15, 0.2) is 0 Å². The largest absolute Gasteiger partial charge is 0.389 e. The molecule has 22 heavy (non-hydrogen) atoms. The lowest BCUT2D eigenvalue weighted by Gasteiger charge is -2.28. The van der Waals surface area contributed by atoms with Crippen molar-refractivity contribution in [1.82, 2.24) is 10.2 Å². The Balaban J connectivity index is 2.64. The Morgan fingerprint density at radius 1 is 1.18 bits per heavy atom. The monoisotopic (exact) mass is 306 g/mol. The van der Waals surface area contributed by atoms with Gasteiger partial charge in [-0.2, -0.15) is 0 Å². The molecule has 0 aliphatic heterocycles. The van der Waals surface area contributed by atoms with E-state index in [0.717, 1.165) is 11.1 Å². The molecule has 2 amide bonds. The predicted molar refractivity (Wildman–Crippen MR) is 86.8 cm³/mol. The van der Waals surface area contributed by atoms with Gasteiger partial charge < -0.3 is 15.3 Å². The van der Waals surface area contributed by atoms with Crippen LogP contribution in [0.1, 0.15) is 42.3 Å². The van der Waals surface area contributed by atoms with Gasteiger partial charge in [-0.1, -0.05) is 17.2 Å². The first-order chi connectivity index (χ1) is 10.1. The fourth-order valence-corrected chi connectivity index (χ4v) is 2.32. The van der Waals surface area contributed by atoms with Gasteiger partial charge in [-0.3, -0.25) is 9.59 Å². The van der Waals surface area contributed by atoms with E-state index < -0.39 is 5.60 Å². The highest BCUT2D eigenvalue weighted by Gasteiger charge is 2.21. The number of nitrogens with zero attached hydrogens (tertiary/aromatic N) is 1. The third kappa shape index (κ3) is 5.85. The molecular weight excluding hydrogens is 280 g/mol. The lowest BCUT2D eigenvalue weighted by atomic mass is 10.1. The normalized spacial score (nSPS) is 11.2. The van der Waals surface area contributed by atoms with Crippen molar-refractivity contribution in [2.75, 3.05) is 19.6 Å². The number of carbonyl (C=O) groups is 2. The van der Waals surface area contributed by atoms with E-state index in [1.54, 1.807) is 26.0 Å². The zero-order valence-corrected chi connectivity index (χ0v) is 14.1. The standard InChI is InChI=1S/C17H26N2O3/c1-6-19(11-17(4,5)22)15(20)10-18-16(21)14-8-12(2)7-13(3)9-14/h7-9,22H,6,10-11H2,1-5H3,(H,18,21). The smallest absolute Gasteiger partial charge is 0.251 e. The summed E-state index contributed by atoms with van der Waals surface area (Å²) >= 11 is 0. The van der Waals surface area contributed by atoms with E-state index in [0.29, 0.717) is 12.1 Å². The van der Waals surface area contributed by atoms with Gasteiger partial charge >= 0.3 is 0 Å². The Morgan fingerprint density at radius 2 is 1.73 bits per heavy atom. The van der Waals surface area contributed by atoms with Crippen LogP contribution in [0.3, 0.4) is 0 Å². The molecule has 0 saturated heterocycles. The number of aliphatic hydroxyl groups is 1. The second-order valence-electron chi connectivity index (χ2n) is 6.28. The highest BCUT2D eigenvalue weighted by molar-refractivity contribution is 5.96. The summed E-state index contributed by atoms with van der Waals surface area (Å²) < 4.78 is 0. The van der Waals surface area contributed by atoms with Crippen LogP contribution in [0, 0.1) is 13.8 Å². The molecule has 0 unspecified atom stereocenters. The number of rotatable bonds is 6. The zero-order chi connectivity index (χ0) is 16.9. The molecule has 0 aliphatic rings. The molecule has 122 valence electrons. The van der Waals surface area contributed by atoms with Crippen LogP contribution >= 0.6 is 0 Å². The molecule has 5 heteroatoms. The summed E-state index contributed by atoms with van der Waals surface area (Å²) in [6.07, 6.45) is 0. The Hall–Kier alpha value is -1.88. The fourth-order valence-electron chi connectivity index (χ4n) is 2.32. The van der Waals surface area contributed by atoms with Crippen molar-refractivity contribution in [3.8, 4) is 0 Å². The molecule has 5 nitrogen and oxygen atoms in total. The Bertz CT molecular complexity index is 527. The van der Waals surface area contributed by atoms with Crippen LogP contribution in [-0.2, 0) is 4.79 Å². The molecule has 2 N–H and O–H groups in total. The summed E-state index contributed by atoms with van der Waals surface area (Å²) in [5.41, 5.74) is 1.61. The van der Waals surface area contributed by atoms with Gasteiger partial charge in [-0.15, -0.1) is 0 Å². The molecule has 0 heterocycles. The van der Waals surface area contributed by atoms with Gasteiger partial charge in [0.1, 0.15) is 0 Å². The summed E-state index contributed by atoms with van der Waals surface area (Å²) in [7, 11) is 0. The van der Waals surface area contributed by atoms with Gasteiger partial charge in [0, 0.05) is 18.7 Å². The van der Waals surface area contributed by atoms with Gasteiger partial charge in [-0.25, -0.2) is 0 Å². The zero-order valence-electron chi connectivity index (χ0n) is 14.1. The maximum absolute atomic E-state index is 12.1. The van der Waals surface area contributed by atoms with E-state index in [-0.39, 0.29) is 24.9 Å². The summed E-state index contributed by atoms with van der Waals surface area (Å²) in [6.45, 7) is 9.65. The molecule has 0 spiro atoms. The predicted octanol–water partition coefficient (Wildman–Crippen LogP) is 1.65. The van der Waals surface area contributed by atoms with Crippen molar-refractivity contribution in [3.63, 3.8) is 0 Å². The second kappa shape index (κ2) is 7.40. The summed E-state index contributed by atoms with van der Waals surface area (Å²) in [5, 5.41) is 12.4. The molecule has 1 aromatic carbocycles. The quantitative estimate of drug-likeness (QED) is 0.839.